The number of halogens is 1. The number of methoxy groups -OCH3 is 1. The molecule has 5 nitrogen and oxygen atoms in total. The van der Waals surface area contributed by atoms with Gasteiger partial charge in [0.05, 0.1) is 12.0 Å². The predicted molar refractivity (Wildman–Crippen MR) is 54.0 cm³/mol. The van der Waals surface area contributed by atoms with Crippen molar-refractivity contribution in [2.45, 2.75) is 0 Å². The van der Waals surface area contributed by atoms with Crippen molar-refractivity contribution in [1.82, 2.24) is 0 Å². The Morgan fingerprint density at radius 2 is 2.23 bits per heavy atom. The summed E-state index contributed by atoms with van der Waals surface area (Å²) in [5, 5.41) is 19.7. The molecule has 70 valence electrons. The second-order valence-corrected chi connectivity index (χ2v) is 3.29. The molecule has 0 saturated carbocycles. The molecule has 0 aromatic heterocycles. The second-order valence-electron chi connectivity index (χ2n) is 2.21. The summed E-state index contributed by atoms with van der Waals surface area (Å²) in [6.07, 6.45) is 0. The third-order valence-corrected chi connectivity index (χ3v) is 2.52. The first-order chi connectivity index (χ1) is 6.07. The maximum Gasteiger partial charge on any atom is 0.312 e. The molecule has 0 aliphatic rings. The highest BCUT2D eigenvalue weighted by Gasteiger charge is 2.18. The van der Waals surface area contributed by atoms with Gasteiger partial charge in [0.1, 0.15) is 9.32 Å². The molecule has 0 atom stereocenters. The molecular weight excluding hydrogens is 289 g/mol. The Morgan fingerprint density at radius 1 is 1.62 bits per heavy atom. The van der Waals surface area contributed by atoms with Crippen LogP contribution in [0, 0.1) is 13.7 Å². The molecule has 1 aromatic rings. The van der Waals surface area contributed by atoms with Gasteiger partial charge in [-0.1, -0.05) is 0 Å². The average molecular weight is 295 g/mol. The van der Waals surface area contributed by atoms with Crippen LogP contribution in [0.4, 0.5) is 5.69 Å². The monoisotopic (exact) mass is 295 g/mol. The van der Waals surface area contributed by atoms with Crippen LogP contribution in [0.5, 0.6) is 11.5 Å². The molecular formula is C7H6INO4. The first-order valence-corrected chi connectivity index (χ1v) is 4.35. The van der Waals surface area contributed by atoms with Crippen LogP contribution in [0.3, 0.4) is 0 Å². The van der Waals surface area contributed by atoms with Crippen molar-refractivity contribution in [2.75, 3.05) is 7.11 Å². The Morgan fingerprint density at radius 3 is 2.69 bits per heavy atom. The van der Waals surface area contributed by atoms with E-state index in [-0.39, 0.29) is 11.4 Å². The molecule has 0 unspecified atom stereocenters. The summed E-state index contributed by atoms with van der Waals surface area (Å²) >= 11 is 1.78. The molecule has 0 fully saturated rings. The highest BCUT2D eigenvalue weighted by atomic mass is 127. The minimum atomic E-state index is -0.642. The lowest BCUT2D eigenvalue weighted by atomic mass is 10.3. The maximum absolute atomic E-state index is 10.4. The van der Waals surface area contributed by atoms with Crippen LogP contribution < -0.4 is 4.74 Å². The van der Waals surface area contributed by atoms with Gasteiger partial charge in [0.2, 0.25) is 5.75 Å². The summed E-state index contributed by atoms with van der Waals surface area (Å²) in [6.45, 7) is 0. The summed E-state index contributed by atoms with van der Waals surface area (Å²) in [6, 6.07) is 2.65. The Kier molecular flexibility index (Phi) is 2.91. The van der Waals surface area contributed by atoms with E-state index in [1.807, 2.05) is 0 Å². The number of rotatable bonds is 2. The molecule has 6 heteroatoms. The lowest BCUT2D eigenvalue weighted by Gasteiger charge is -2.04. The summed E-state index contributed by atoms with van der Waals surface area (Å²) < 4.78 is 5.21. The molecule has 1 aromatic carbocycles. The van der Waals surface area contributed by atoms with Gasteiger partial charge in [-0.05, 0) is 28.7 Å². The van der Waals surface area contributed by atoms with E-state index in [9.17, 15) is 15.2 Å². The highest BCUT2D eigenvalue weighted by molar-refractivity contribution is 14.1. The third kappa shape index (κ3) is 1.82. The standard InChI is InChI=1S/C7H6INO4/c1-13-5-3-2-4(9(11)12)7(10)6(5)8/h2-3,10H,1H3. The van der Waals surface area contributed by atoms with Gasteiger partial charge >= 0.3 is 5.69 Å². The molecule has 0 bridgehead atoms. The van der Waals surface area contributed by atoms with Gasteiger partial charge in [-0.2, -0.15) is 0 Å². The maximum atomic E-state index is 10.4. The molecule has 0 radical (unpaired) electrons. The van der Waals surface area contributed by atoms with Crippen LogP contribution in [0.1, 0.15) is 0 Å². The van der Waals surface area contributed by atoms with Crippen molar-refractivity contribution in [3.05, 3.63) is 25.8 Å². The molecule has 0 amide bonds. The topological polar surface area (TPSA) is 72.6 Å². The fraction of sp³-hybridized carbons (Fsp3) is 0.143. The van der Waals surface area contributed by atoms with E-state index >= 15 is 0 Å². The van der Waals surface area contributed by atoms with Crippen molar-refractivity contribution in [1.29, 1.82) is 0 Å². The van der Waals surface area contributed by atoms with Crippen LogP contribution in [-0.4, -0.2) is 17.1 Å². The number of phenolic OH excluding ortho intramolecular Hbond substituents is 1. The van der Waals surface area contributed by atoms with Crippen LogP contribution in [0.2, 0.25) is 0 Å². The minimum absolute atomic E-state index is 0.315. The second kappa shape index (κ2) is 3.77. The first-order valence-electron chi connectivity index (χ1n) is 3.27. The molecule has 0 aliphatic carbocycles. The number of hydrogen-bond donors (Lipinski definition) is 1. The molecule has 13 heavy (non-hydrogen) atoms. The summed E-state index contributed by atoms with van der Waals surface area (Å²) in [5.74, 6) is 0.0636. The SMILES string of the molecule is COc1ccc([N+](=O)[O-])c(O)c1I. The number of benzene rings is 1. The van der Waals surface area contributed by atoms with Crippen molar-refractivity contribution in [2.24, 2.45) is 0 Å². The molecule has 0 saturated heterocycles. The van der Waals surface area contributed by atoms with Crippen LogP contribution in [-0.2, 0) is 0 Å². The molecule has 0 spiro atoms. The summed E-state index contributed by atoms with van der Waals surface area (Å²) in [7, 11) is 1.43. The Balaban J connectivity index is 3.31. The number of nitrogens with zero attached hydrogens (tertiary/aromatic N) is 1. The van der Waals surface area contributed by atoms with Gasteiger partial charge in [-0.3, -0.25) is 10.1 Å². The summed E-state index contributed by atoms with van der Waals surface area (Å²) in [4.78, 5) is 9.73. The van der Waals surface area contributed by atoms with E-state index in [2.05, 4.69) is 0 Å². The fourth-order valence-electron chi connectivity index (χ4n) is 0.841. The van der Waals surface area contributed by atoms with Crippen LogP contribution >= 0.6 is 22.6 Å². The van der Waals surface area contributed by atoms with Crippen molar-refractivity contribution >= 4 is 28.3 Å². The average Bonchev–Trinajstić information content (AvgIpc) is 2.09. The van der Waals surface area contributed by atoms with Gasteiger partial charge in [0.15, 0.2) is 0 Å². The lowest BCUT2D eigenvalue weighted by molar-refractivity contribution is -0.386. The van der Waals surface area contributed by atoms with E-state index in [0.29, 0.717) is 9.32 Å². The van der Waals surface area contributed by atoms with Crippen molar-refractivity contribution < 1.29 is 14.8 Å². The zero-order valence-corrected chi connectivity index (χ0v) is 8.81. The van der Waals surface area contributed by atoms with Crippen molar-refractivity contribution in [3.63, 3.8) is 0 Å². The molecule has 1 rings (SSSR count). The Bertz CT molecular complexity index is 353. The number of nitro benzene ring substituents is 1. The zero-order chi connectivity index (χ0) is 10.0. The van der Waals surface area contributed by atoms with E-state index in [4.69, 9.17) is 4.74 Å². The molecule has 0 aliphatic heterocycles. The van der Waals surface area contributed by atoms with E-state index < -0.39 is 4.92 Å². The van der Waals surface area contributed by atoms with Gasteiger partial charge in [-0.15, -0.1) is 0 Å². The number of phenols is 1. The fourth-order valence-corrected chi connectivity index (χ4v) is 1.52. The Hall–Kier alpha value is -1.05. The first kappa shape index (κ1) is 10.0. The smallest absolute Gasteiger partial charge is 0.312 e. The van der Waals surface area contributed by atoms with Crippen LogP contribution in [0.25, 0.3) is 0 Å². The number of ether oxygens (including phenoxy) is 1. The van der Waals surface area contributed by atoms with Gasteiger partial charge in [0.25, 0.3) is 0 Å². The quantitative estimate of drug-likeness (QED) is 0.514. The lowest BCUT2D eigenvalue weighted by Crippen LogP contribution is -1.93. The van der Waals surface area contributed by atoms with E-state index in [1.165, 1.54) is 19.2 Å². The number of nitro groups is 1. The zero-order valence-electron chi connectivity index (χ0n) is 6.65. The largest absolute Gasteiger partial charge is 0.501 e. The molecule has 0 heterocycles. The van der Waals surface area contributed by atoms with Gasteiger partial charge < -0.3 is 9.84 Å². The van der Waals surface area contributed by atoms with E-state index in [1.54, 1.807) is 22.6 Å². The predicted octanol–water partition coefficient (Wildman–Crippen LogP) is 1.91. The normalized spacial score (nSPS) is 9.69. The number of hydrogen-bond acceptors (Lipinski definition) is 4. The van der Waals surface area contributed by atoms with E-state index in [0.717, 1.165) is 0 Å². The minimum Gasteiger partial charge on any atom is -0.501 e. The molecule has 1 N–H and O–H groups in total. The van der Waals surface area contributed by atoms with Gasteiger partial charge in [0, 0.05) is 6.07 Å². The van der Waals surface area contributed by atoms with Crippen LogP contribution in [0.15, 0.2) is 12.1 Å². The Labute approximate surface area is 87.6 Å². The van der Waals surface area contributed by atoms with Crippen molar-refractivity contribution in [3.8, 4) is 11.5 Å². The van der Waals surface area contributed by atoms with Gasteiger partial charge in [-0.25, -0.2) is 0 Å². The third-order valence-electron chi connectivity index (χ3n) is 1.48. The summed E-state index contributed by atoms with van der Waals surface area (Å²) in [5.41, 5.74) is -0.315. The highest BCUT2D eigenvalue weighted by Crippen LogP contribution is 2.36. The number of aromatic hydroxyl groups is 1.